The standard InChI is InChI=1S/C27H24BrFN4O3S/c1-19-15-21(20(2)33(19)26-14-7-6-13-25(26)29)17-30-31-27(34)18-32(23-10-8-9-22(28)16-23)37(35,36)24-11-4-3-5-12-24/h3-17H,18H2,1-2H3,(H,31,34)/b30-17+. The van der Waals surface area contributed by atoms with E-state index < -0.39 is 22.5 Å². The van der Waals surface area contributed by atoms with Crippen molar-refractivity contribution in [3.8, 4) is 5.69 Å². The van der Waals surface area contributed by atoms with Gasteiger partial charge in [-0.05, 0) is 62.4 Å². The fourth-order valence-corrected chi connectivity index (χ4v) is 5.75. The normalized spacial score (nSPS) is 11.6. The third kappa shape index (κ3) is 5.81. The van der Waals surface area contributed by atoms with E-state index in [1.165, 1.54) is 24.4 Å². The number of aromatic nitrogens is 1. The maximum atomic E-state index is 14.3. The van der Waals surface area contributed by atoms with Crippen molar-refractivity contribution in [2.75, 3.05) is 10.8 Å². The highest BCUT2D eigenvalue weighted by Gasteiger charge is 2.27. The largest absolute Gasteiger partial charge is 0.315 e. The molecule has 0 saturated carbocycles. The van der Waals surface area contributed by atoms with Crippen molar-refractivity contribution in [3.63, 3.8) is 0 Å². The molecule has 1 aromatic heterocycles. The molecule has 1 amide bonds. The summed E-state index contributed by atoms with van der Waals surface area (Å²) in [6.07, 6.45) is 1.45. The van der Waals surface area contributed by atoms with Crippen LogP contribution in [0, 0.1) is 19.7 Å². The topological polar surface area (TPSA) is 83.8 Å². The van der Waals surface area contributed by atoms with E-state index in [9.17, 15) is 17.6 Å². The molecule has 10 heteroatoms. The van der Waals surface area contributed by atoms with Crippen LogP contribution >= 0.6 is 15.9 Å². The molecule has 0 saturated heterocycles. The minimum atomic E-state index is -4.03. The van der Waals surface area contributed by atoms with E-state index in [0.717, 1.165) is 15.7 Å². The number of hydrogen-bond acceptors (Lipinski definition) is 4. The van der Waals surface area contributed by atoms with E-state index >= 15 is 0 Å². The number of nitrogens with zero attached hydrogens (tertiary/aromatic N) is 3. The molecular weight excluding hydrogens is 559 g/mol. The van der Waals surface area contributed by atoms with E-state index in [2.05, 4.69) is 26.5 Å². The van der Waals surface area contributed by atoms with Crippen LogP contribution in [0.25, 0.3) is 5.69 Å². The molecule has 1 N–H and O–H groups in total. The minimum Gasteiger partial charge on any atom is -0.315 e. The second-order valence-corrected chi connectivity index (χ2v) is 11.0. The van der Waals surface area contributed by atoms with Gasteiger partial charge in [-0.3, -0.25) is 9.10 Å². The number of para-hydroxylation sites is 1. The zero-order valence-corrected chi connectivity index (χ0v) is 22.5. The molecule has 3 aromatic carbocycles. The number of amides is 1. The number of anilines is 1. The average Bonchev–Trinajstić information content (AvgIpc) is 3.16. The maximum Gasteiger partial charge on any atom is 0.264 e. The van der Waals surface area contributed by atoms with Crippen LogP contribution in [0.1, 0.15) is 17.0 Å². The number of carbonyl (C=O) groups excluding carboxylic acids is 1. The van der Waals surface area contributed by atoms with Crippen LogP contribution in [-0.4, -0.2) is 31.7 Å². The molecule has 0 unspecified atom stereocenters. The van der Waals surface area contributed by atoms with Crippen LogP contribution in [0.5, 0.6) is 0 Å². The fourth-order valence-electron chi connectivity index (χ4n) is 3.93. The number of hydrogen-bond donors (Lipinski definition) is 1. The van der Waals surface area contributed by atoms with Gasteiger partial charge in [0.25, 0.3) is 15.9 Å². The number of hydrazone groups is 1. The molecule has 0 aliphatic heterocycles. The van der Waals surface area contributed by atoms with Crippen molar-refractivity contribution < 1.29 is 17.6 Å². The van der Waals surface area contributed by atoms with Gasteiger partial charge in [-0.1, -0.05) is 52.3 Å². The lowest BCUT2D eigenvalue weighted by molar-refractivity contribution is -0.119. The lowest BCUT2D eigenvalue weighted by Crippen LogP contribution is -2.39. The molecule has 37 heavy (non-hydrogen) atoms. The van der Waals surface area contributed by atoms with Crippen LogP contribution < -0.4 is 9.73 Å². The highest BCUT2D eigenvalue weighted by Crippen LogP contribution is 2.26. The smallest absolute Gasteiger partial charge is 0.264 e. The van der Waals surface area contributed by atoms with Gasteiger partial charge in [-0.2, -0.15) is 5.10 Å². The molecule has 0 spiro atoms. The van der Waals surface area contributed by atoms with Gasteiger partial charge in [0.1, 0.15) is 12.4 Å². The van der Waals surface area contributed by atoms with E-state index in [1.54, 1.807) is 65.2 Å². The third-order valence-electron chi connectivity index (χ3n) is 5.67. The number of carbonyl (C=O) groups is 1. The molecule has 0 aliphatic carbocycles. The van der Waals surface area contributed by atoms with Gasteiger partial charge >= 0.3 is 0 Å². The van der Waals surface area contributed by atoms with Crippen molar-refractivity contribution >= 4 is 43.8 Å². The van der Waals surface area contributed by atoms with Crippen LogP contribution in [0.2, 0.25) is 0 Å². The SMILES string of the molecule is Cc1cc(/C=N/NC(=O)CN(c2cccc(Br)c2)S(=O)(=O)c2ccccc2)c(C)n1-c1ccccc1F. The van der Waals surface area contributed by atoms with Crippen LogP contribution in [0.3, 0.4) is 0 Å². The van der Waals surface area contributed by atoms with Crippen molar-refractivity contribution in [3.05, 3.63) is 112 Å². The second-order valence-electron chi connectivity index (χ2n) is 8.21. The first kappa shape index (κ1) is 26.3. The zero-order valence-electron chi connectivity index (χ0n) is 20.1. The lowest BCUT2D eigenvalue weighted by atomic mass is 10.2. The van der Waals surface area contributed by atoms with Gasteiger partial charge in [-0.15, -0.1) is 0 Å². The Morgan fingerprint density at radius 1 is 1.03 bits per heavy atom. The Bertz CT molecular complexity index is 1570. The summed E-state index contributed by atoms with van der Waals surface area (Å²) < 4.78 is 44.6. The quantitative estimate of drug-likeness (QED) is 0.225. The van der Waals surface area contributed by atoms with Gasteiger partial charge < -0.3 is 4.57 Å². The Kier molecular flexibility index (Phi) is 7.89. The van der Waals surface area contributed by atoms with E-state index in [-0.39, 0.29) is 10.7 Å². The third-order valence-corrected chi connectivity index (χ3v) is 7.95. The fraction of sp³-hybridized carbons (Fsp3) is 0.111. The molecular formula is C27H24BrFN4O3S. The molecule has 1 heterocycles. The zero-order chi connectivity index (χ0) is 26.6. The summed E-state index contributed by atoms with van der Waals surface area (Å²) in [4.78, 5) is 12.9. The van der Waals surface area contributed by atoms with Gasteiger partial charge in [0.15, 0.2) is 0 Å². The molecule has 0 fully saturated rings. The molecule has 0 aliphatic rings. The Hall–Kier alpha value is -3.76. The van der Waals surface area contributed by atoms with Crippen molar-refractivity contribution in [1.82, 2.24) is 9.99 Å². The van der Waals surface area contributed by atoms with Crippen LogP contribution in [0.4, 0.5) is 10.1 Å². The van der Waals surface area contributed by atoms with Crippen molar-refractivity contribution in [2.45, 2.75) is 18.7 Å². The summed E-state index contributed by atoms with van der Waals surface area (Å²) in [5.41, 5.74) is 5.36. The monoisotopic (exact) mass is 582 g/mol. The summed E-state index contributed by atoms with van der Waals surface area (Å²) in [7, 11) is -4.03. The summed E-state index contributed by atoms with van der Waals surface area (Å²) in [6, 6.07) is 22.9. The Morgan fingerprint density at radius 3 is 2.43 bits per heavy atom. The summed E-state index contributed by atoms with van der Waals surface area (Å²) in [5, 5.41) is 4.03. The maximum absolute atomic E-state index is 14.3. The molecule has 0 radical (unpaired) electrons. The van der Waals surface area contributed by atoms with Crippen molar-refractivity contribution in [2.24, 2.45) is 5.10 Å². The number of nitrogens with one attached hydrogen (secondary N) is 1. The second kappa shape index (κ2) is 11.1. The first-order valence-corrected chi connectivity index (χ1v) is 13.5. The molecule has 7 nitrogen and oxygen atoms in total. The van der Waals surface area contributed by atoms with Crippen LogP contribution in [-0.2, 0) is 14.8 Å². The highest BCUT2D eigenvalue weighted by atomic mass is 79.9. The summed E-state index contributed by atoms with van der Waals surface area (Å²) in [6.45, 7) is 3.18. The van der Waals surface area contributed by atoms with Crippen molar-refractivity contribution in [1.29, 1.82) is 0 Å². The summed E-state index contributed by atoms with van der Waals surface area (Å²) in [5.74, 6) is -0.980. The van der Waals surface area contributed by atoms with E-state index in [1.807, 2.05) is 19.9 Å². The number of benzene rings is 3. The van der Waals surface area contributed by atoms with Crippen LogP contribution in [0.15, 0.2) is 99.4 Å². The van der Waals surface area contributed by atoms with Gasteiger partial charge in [0.2, 0.25) is 0 Å². The van der Waals surface area contributed by atoms with E-state index in [0.29, 0.717) is 21.4 Å². The Morgan fingerprint density at radius 2 is 1.73 bits per heavy atom. The molecule has 4 aromatic rings. The first-order chi connectivity index (χ1) is 17.7. The number of rotatable bonds is 8. The average molecular weight is 583 g/mol. The Balaban J connectivity index is 1.55. The molecule has 190 valence electrons. The highest BCUT2D eigenvalue weighted by molar-refractivity contribution is 9.10. The summed E-state index contributed by atoms with van der Waals surface area (Å²) >= 11 is 3.35. The van der Waals surface area contributed by atoms with Gasteiger partial charge in [0.05, 0.1) is 22.5 Å². The number of aryl methyl sites for hydroxylation is 1. The van der Waals surface area contributed by atoms with Gasteiger partial charge in [-0.25, -0.2) is 18.2 Å². The molecule has 0 bridgehead atoms. The number of sulfonamides is 1. The molecule has 0 atom stereocenters. The predicted molar refractivity (Wildman–Crippen MR) is 146 cm³/mol. The predicted octanol–water partition coefficient (Wildman–Crippen LogP) is 5.34. The first-order valence-electron chi connectivity index (χ1n) is 11.3. The molecule has 4 rings (SSSR count). The van der Waals surface area contributed by atoms with E-state index in [4.69, 9.17) is 0 Å². The van der Waals surface area contributed by atoms with Gasteiger partial charge in [0, 0.05) is 21.4 Å². The Labute approximate surface area is 223 Å². The number of halogens is 2. The lowest BCUT2D eigenvalue weighted by Gasteiger charge is -2.23. The minimum absolute atomic E-state index is 0.0619.